The molecule has 0 spiro atoms. The Morgan fingerprint density at radius 2 is 1.83 bits per heavy atom. The van der Waals surface area contributed by atoms with Gasteiger partial charge in [0.25, 0.3) is 5.91 Å². The number of carbonyl (C=O) groups excluding carboxylic acids is 1. The van der Waals surface area contributed by atoms with Gasteiger partial charge in [-0.05, 0) is 25.8 Å². The first-order valence-electron chi connectivity index (χ1n) is 10.2. The molecule has 0 fully saturated rings. The second-order valence-corrected chi connectivity index (χ2v) is 8.49. The summed E-state index contributed by atoms with van der Waals surface area (Å²) in [7, 11) is 0. The van der Waals surface area contributed by atoms with Crippen LogP contribution in [0.5, 0.6) is 0 Å². The summed E-state index contributed by atoms with van der Waals surface area (Å²) < 4.78 is 2.23. The zero-order chi connectivity index (χ0) is 20.5. The lowest BCUT2D eigenvalue weighted by Crippen LogP contribution is -2.12. The maximum atomic E-state index is 13.1. The third-order valence-corrected chi connectivity index (χ3v) is 6.59. The summed E-state index contributed by atoms with van der Waals surface area (Å²) in [5.74, 6) is 0.992. The number of rotatable bonds is 4. The molecule has 1 N–H and O–H groups in total. The van der Waals surface area contributed by atoms with Crippen molar-refractivity contribution >= 4 is 22.9 Å². The number of aromatic nitrogens is 3. The van der Waals surface area contributed by atoms with E-state index >= 15 is 0 Å². The number of aryl methyl sites for hydroxylation is 3. The number of imidazole rings is 1. The zero-order valence-corrected chi connectivity index (χ0v) is 17.6. The number of thiazole rings is 1. The molecule has 30 heavy (non-hydrogen) atoms. The second kappa shape index (κ2) is 7.88. The predicted octanol–water partition coefficient (Wildman–Crippen LogP) is 5.57. The molecule has 1 amide bonds. The minimum Gasteiger partial charge on any atom is -0.334 e. The summed E-state index contributed by atoms with van der Waals surface area (Å²) in [4.78, 5) is 23.2. The van der Waals surface area contributed by atoms with E-state index in [-0.39, 0.29) is 5.91 Å². The first-order valence-corrected chi connectivity index (χ1v) is 11.0. The van der Waals surface area contributed by atoms with E-state index in [2.05, 4.69) is 21.1 Å². The Hall–Kier alpha value is -3.25. The summed E-state index contributed by atoms with van der Waals surface area (Å²) in [6, 6.07) is 17.8. The maximum Gasteiger partial charge on any atom is 0.267 e. The molecule has 0 unspecified atom stereocenters. The van der Waals surface area contributed by atoms with E-state index < -0.39 is 0 Å². The Balaban J connectivity index is 1.44. The Morgan fingerprint density at radius 1 is 1.03 bits per heavy atom. The van der Waals surface area contributed by atoms with Crippen molar-refractivity contribution in [2.45, 2.75) is 32.7 Å². The molecule has 0 radical (unpaired) electrons. The van der Waals surface area contributed by atoms with Crippen LogP contribution in [-0.4, -0.2) is 20.4 Å². The minimum absolute atomic E-state index is 0.136. The molecule has 2 aromatic carbocycles. The van der Waals surface area contributed by atoms with E-state index in [1.54, 1.807) is 0 Å². The Labute approximate surface area is 179 Å². The number of hydrogen-bond acceptors (Lipinski definition) is 4. The van der Waals surface area contributed by atoms with Crippen molar-refractivity contribution in [3.05, 3.63) is 77.2 Å². The van der Waals surface area contributed by atoms with Gasteiger partial charge in [-0.25, -0.2) is 9.97 Å². The van der Waals surface area contributed by atoms with Crippen molar-refractivity contribution < 1.29 is 4.79 Å². The summed E-state index contributed by atoms with van der Waals surface area (Å²) in [5, 5.41) is 3.95. The van der Waals surface area contributed by atoms with Gasteiger partial charge in [0.15, 0.2) is 0 Å². The smallest absolute Gasteiger partial charge is 0.267 e. The minimum atomic E-state index is -0.136. The van der Waals surface area contributed by atoms with Crippen molar-refractivity contribution in [2.75, 3.05) is 5.32 Å². The first-order chi connectivity index (χ1) is 14.7. The monoisotopic (exact) mass is 414 g/mol. The second-order valence-electron chi connectivity index (χ2n) is 7.49. The molecule has 2 aromatic heterocycles. The highest BCUT2D eigenvalue weighted by atomic mass is 32.1. The number of anilines is 1. The largest absolute Gasteiger partial charge is 0.334 e. The lowest BCUT2D eigenvalue weighted by atomic mass is 10.1. The number of para-hydroxylation sites is 1. The summed E-state index contributed by atoms with van der Waals surface area (Å²) in [6.07, 6.45) is 5.49. The molecule has 0 atom stereocenters. The molecule has 0 saturated heterocycles. The fourth-order valence-electron chi connectivity index (χ4n) is 3.85. The van der Waals surface area contributed by atoms with Gasteiger partial charge in [0.2, 0.25) is 0 Å². The Bertz CT molecular complexity index is 1190. The number of nitrogens with one attached hydrogen (secondary N) is 1. The molecule has 0 bridgehead atoms. The van der Waals surface area contributed by atoms with Gasteiger partial charge in [0.1, 0.15) is 15.7 Å². The van der Waals surface area contributed by atoms with E-state index in [1.807, 2.05) is 61.5 Å². The van der Waals surface area contributed by atoms with Gasteiger partial charge in [-0.1, -0.05) is 48.5 Å². The van der Waals surface area contributed by atoms with Gasteiger partial charge < -0.3 is 9.88 Å². The van der Waals surface area contributed by atoms with Gasteiger partial charge in [0.05, 0.1) is 17.1 Å². The highest BCUT2D eigenvalue weighted by molar-refractivity contribution is 7.17. The molecule has 4 aromatic rings. The molecule has 5 nitrogen and oxygen atoms in total. The van der Waals surface area contributed by atoms with E-state index in [9.17, 15) is 4.79 Å². The van der Waals surface area contributed by atoms with Crippen LogP contribution in [0.25, 0.3) is 21.8 Å². The van der Waals surface area contributed by atoms with Gasteiger partial charge in [-0.3, -0.25) is 4.79 Å². The van der Waals surface area contributed by atoms with Gasteiger partial charge >= 0.3 is 0 Å². The van der Waals surface area contributed by atoms with Gasteiger partial charge in [-0.2, -0.15) is 0 Å². The molecule has 1 aliphatic rings. The summed E-state index contributed by atoms with van der Waals surface area (Å²) >= 11 is 1.42. The Morgan fingerprint density at radius 3 is 2.67 bits per heavy atom. The molecule has 1 aliphatic heterocycles. The van der Waals surface area contributed by atoms with Crippen LogP contribution in [0.4, 0.5) is 5.69 Å². The normalized spacial score (nSPS) is 13.1. The lowest BCUT2D eigenvalue weighted by molar-refractivity contribution is 0.103. The zero-order valence-electron chi connectivity index (χ0n) is 16.8. The van der Waals surface area contributed by atoms with E-state index in [1.165, 1.54) is 24.2 Å². The van der Waals surface area contributed by atoms with Crippen LogP contribution in [0.3, 0.4) is 0 Å². The van der Waals surface area contributed by atoms with Crippen LogP contribution in [0, 0.1) is 6.92 Å². The number of nitrogens with zero attached hydrogens (tertiary/aromatic N) is 3. The van der Waals surface area contributed by atoms with E-state index in [0.717, 1.165) is 52.0 Å². The van der Waals surface area contributed by atoms with E-state index in [0.29, 0.717) is 4.88 Å². The molecule has 0 saturated carbocycles. The third-order valence-electron chi connectivity index (χ3n) is 5.38. The lowest BCUT2D eigenvalue weighted by Gasteiger charge is -2.11. The SMILES string of the molecule is Cc1nc(-c2ccccc2)sc1C(=O)Nc1ccccc1-c1cn2c(n1)CCCC2. The molecule has 3 heterocycles. The number of amides is 1. The quantitative estimate of drug-likeness (QED) is 0.475. The van der Waals surface area contributed by atoms with Crippen molar-refractivity contribution in [3.8, 4) is 21.8 Å². The molecule has 5 rings (SSSR count). The Kier molecular flexibility index (Phi) is 4.93. The highest BCUT2D eigenvalue weighted by Crippen LogP contribution is 2.31. The van der Waals surface area contributed by atoms with Crippen LogP contribution in [0.2, 0.25) is 0 Å². The average molecular weight is 415 g/mol. The molecular weight excluding hydrogens is 392 g/mol. The maximum absolute atomic E-state index is 13.1. The van der Waals surface area contributed by atoms with Crippen molar-refractivity contribution in [2.24, 2.45) is 0 Å². The first kappa shape index (κ1) is 18.8. The van der Waals surface area contributed by atoms with Crippen molar-refractivity contribution in [1.82, 2.24) is 14.5 Å². The number of fused-ring (bicyclic) bond motifs is 1. The summed E-state index contributed by atoms with van der Waals surface area (Å²) in [6.45, 7) is 2.90. The average Bonchev–Trinajstić information content (AvgIpc) is 3.38. The molecule has 150 valence electrons. The van der Waals surface area contributed by atoms with E-state index in [4.69, 9.17) is 4.98 Å². The summed E-state index contributed by atoms with van der Waals surface area (Å²) in [5.41, 5.74) is 4.39. The van der Waals surface area contributed by atoms with Crippen LogP contribution < -0.4 is 5.32 Å². The van der Waals surface area contributed by atoms with Crippen LogP contribution in [0.15, 0.2) is 60.8 Å². The highest BCUT2D eigenvalue weighted by Gasteiger charge is 2.19. The van der Waals surface area contributed by atoms with Crippen molar-refractivity contribution in [1.29, 1.82) is 0 Å². The number of carbonyl (C=O) groups is 1. The standard InChI is InChI=1S/C24H22N4OS/c1-16-22(30-24(25-16)17-9-3-2-4-10-17)23(29)27-19-12-6-5-11-18(19)20-15-28-14-8-7-13-21(28)26-20/h2-6,9-12,15H,7-8,13-14H2,1H3,(H,27,29). The molecule has 0 aliphatic carbocycles. The fraction of sp³-hybridized carbons (Fsp3) is 0.208. The fourth-order valence-corrected chi connectivity index (χ4v) is 4.82. The molecule has 6 heteroatoms. The number of hydrogen-bond donors (Lipinski definition) is 1. The van der Waals surface area contributed by atoms with Crippen LogP contribution in [-0.2, 0) is 13.0 Å². The number of benzene rings is 2. The van der Waals surface area contributed by atoms with Crippen LogP contribution >= 0.6 is 11.3 Å². The predicted molar refractivity (Wildman–Crippen MR) is 121 cm³/mol. The van der Waals surface area contributed by atoms with Gasteiger partial charge in [-0.15, -0.1) is 11.3 Å². The van der Waals surface area contributed by atoms with Crippen LogP contribution in [0.1, 0.15) is 34.0 Å². The van der Waals surface area contributed by atoms with Crippen molar-refractivity contribution in [3.63, 3.8) is 0 Å². The topological polar surface area (TPSA) is 59.8 Å². The molecular formula is C24H22N4OS. The third kappa shape index (κ3) is 3.55. The van der Waals surface area contributed by atoms with Gasteiger partial charge in [0, 0.05) is 30.3 Å².